The van der Waals surface area contributed by atoms with E-state index >= 15 is 0 Å². The van der Waals surface area contributed by atoms with Crippen molar-refractivity contribution >= 4 is 29.3 Å². The van der Waals surface area contributed by atoms with Crippen LogP contribution < -0.4 is 10.6 Å². The number of nitrogens with zero attached hydrogens (tertiary/aromatic N) is 2. The zero-order valence-corrected chi connectivity index (χ0v) is 16.7. The van der Waals surface area contributed by atoms with Gasteiger partial charge in [0.25, 0.3) is 5.91 Å². The highest BCUT2D eigenvalue weighted by Crippen LogP contribution is 2.22. The number of rotatable bonds is 7. The molecule has 0 unspecified atom stereocenters. The summed E-state index contributed by atoms with van der Waals surface area (Å²) in [5.41, 5.74) is 3.86. The molecule has 2 aromatic rings. The van der Waals surface area contributed by atoms with Crippen LogP contribution in [-0.4, -0.2) is 34.1 Å². The van der Waals surface area contributed by atoms with Crippen molar-refractivity contribution in [1.82, 2.24) is 15.3 Å². The fraction of sp³-hybridized carbons (Fsp3) is 0.400. The Balaban J connectivity index is 1.64. The first-order chi connectivity index (χ1) is 13.0. The lowest BCUT2D eigenvalue weighted by molar-refractivity contribution is -0.116. The van der Waals surface area contributed by atoms with Gasteiger partial charge in [0.2, 0.25) is 5.91 Å². The molecule has 3 rings (SSSR count). The predicted molar refractivity (Wildman–Crippen MR) is 107 cm³/mol. The molecule has 0 saturated heterocycles. The highest BCUT2D eigenvalue weighted by Gasteiger charge is 2.25. The first kappa shape index (κ1) is 19.4. The second kappa shape index (κ2) is 8.52. The largest absolute Gasteiger partial charge is 0.349 e. The number of anilines is 1. The lowest BCUT2D eigenvalue weighted by atomic mass is 10.1. The van der Waals surface area contributed by atoms with Crippen molar-refractivity contribution in [3.05, 3.63) is 46.8 Å². The molecular formula is C20H24N4O2S. The molecule has 0 radical (unpaired) electrons. The lowest BCUT2D eigenvalue weighted by Gasteiger charge is -2.12. The van der Waals surface area contributed by atoms with Gasteiger partial charge in [0.15, 0.2) is 5.16 Å². The summed E-state index contributed by atoms with van der Waals surface area (Å²) in [4.78, 5) is 33.7. The highest BCUT2D eigenvalue weighted by atomic mass is 32.2. The topological polar surface area (TPSA) is 84.0 Å². The zero-order valence-electron chi connectivity index (χ0n) is 15.8. The quantitative estimate of drug-likeness (QED) is 0.565. The maximum atomic E-state index is 12.5. The minimum Gasteiger partial charge on any atom is -0.349 e. The van der Waals surface area contributed by atoms with Gasteiger partial charge in [-0.1, -0.05) is 23.9 Å². The SMILES string of the molecule is CSc1nc(C)c(CCC(=O)Nc2ccccc2C(=O)NC2CC2)c(C)n1. The molecule has 2 amide bonds. The molecule has 1 aliphatic carbocycles. The van der Waals surface area contributed by atoms with E-state index < -0.39 is 0 Å². The first-order valence-corrected chi connectivity index (χ1v) is 10.3. The Morgan fingerprint density at radius 2 is 1.81 bits per heavy atom. The molecule has 6 nitrogen and oxygen atoms in total. The summed E-state index contributed by atoms with van der Waals surface area (Å²) in [7, 11) is 0. The smallest absolute Gasteiger partial charge is 0.253 e. The second-order valence-corrected chi connectivity index (χ2v) is 7.47. The van der Waals surface area contributed by atoms with Gasteiger partial charge in [-0.2, -0.15) is 0 Å². The van der Waals surface area contributed by atoms with Gasteiger partial charge in [-0.15, -0.1) is 0 Å². The van der Waals surface area contributed by atoms with Crippen LogP contribution in [0.25, 0.3) is 0 Å². The van der Waals surface area contributed by atoms with E-state index in [9.17, 15) is 9.59 Å². The normalized spacial score (nSPS) is 13.3. The van der Waals surface area contributed by atoms with Crippen LogP contribution in [0.1, 0.15) is 46.6 Å². The van der Waals surface area contributed by atoms with Gasteiger partial charge in [0.05, 0.1) is 11.3 Å². The molecule has 0 aliphatic heterocycles. The third-order valence-corrected chi connectivity index (χ3v) is 5.09. The standard InChI is InChI=1S/C20H24N4O2S/c1-12-15(13(2)22-20(21-12)27-3)10-11-18(25)24-17-7-5-4-6-16(17)19(26)23-14-8-9-14/h4-7,14H,8-11H2,1-3H3,(H,23,26)(H,24,25). The minimum atomic E-state index is -0.138. The molecule has 27 heavy (non-hydrogen) atoms. The van der Waals surface area contributed by atoms with E-state index in [0.717, 1.165) is 34.9 Å². The van der Waals surface area contributed by atoms with E-state index in [2.05, 4.69) is 20.6 Å². The third-order valence-electron chi connectivity index (χ3n) is 4.54. The van der Waals surface area contributed by atoms with Crippen LogP contribution in [0.4, 0.5) is 5.69 Å². The molecule has 0 atom stereocenters. The molecule has 1 saturated carbocycles. The Labute approximate surface area is 163 Å². The van der Waals surface area contributed by atoms with E-state index in [0.29, 0.717) is 24.1 Å². The summed E-state index contributed by atoms with van der Waals surface area (Å²) in [5, 5.41) is 6.57. The number of amides is 2. The molecule has 2 N–H and O–H groups in total. The molecule has 0 bridgehead atoms. The van der Waals surface area contributed by atoms with Crippen molar-refractivity contribution in [3.8, 4) is 0 Å². The van der Waals surface area contributed by atoms with Gasteiger partial charge in [-0.05, 0) is 57.1 Å². The Morgan fingerprint density at radius 3 is 2.44 bits per heavy atom. The number of aryl methyl sites for hydroxylation is 2. The Hall–Kier alpha value is -2.41. The number of carbonyl (C=O) groups excluding carboxylic acids is 2. The second-order valence-electron chi connectivity index (χ2n) is 6.70. The minimum absolute atomic E-state index is 0.130. The summed E-state index contributed by atoms with van der Waals surface area (Å²) < 4.78 is 0. The molecule has 0 spiro atoms. The Morgan fingerprint density at radius 1 is 1.15 bits per heavy atom. The van der Waals surface area contributed by atoms with Crippen molar-refractivity contribution in [2.24, 2.45) is 0 Å². The van der Waals surface area contributed by atoms with Gasteiger partial charge in [0, 0.05) is 23.9 Å². The number of aromatic nitrogens is 2. The van der Waals surface area contributed by atoms with Crippen LogP contribution in [0.15, 0.2) is 29.4 Å². The number of benzene rings is 1. The van der Waals surface area contributed by atoms with Gasteiger partial charge in [0.1, 0.15) is 0 Å². The van der Waals surface area contributed by atoms with Crippen molar-refractivity contribution in [2.45, 2.75) is 50.7 Å². The number of hydrogen-bond acceptors (Lipinski definition) is 5. The van der Waals surface area contributed by atoms with E-state index in [-0.39, 0.29) is 17.9 Å². The fourth-order valence-electron chi connectivity index (χ4n) is 2.89. The van der Waals surface area contributed by atoms with E-state index in [1.54, 1.807) is 18.2 Å². The maximum absolute atomic E-state index is 12.5. The van der Waals surface area contributed by atoms with Crippen molar-refractivity contribution < 1.29 is 9.59 Å². The fourth-order valence-corrected chi connectivity index (χ4v) is 3.35. The maximum Gasteiger partial charge on any atom is 0.253 e. The van der Waals surface area contributed by atoms with E-state index in [1.165, 1.54) is 11.8 Å². The molecule has 7 heteroatoms. The van der Waals surface area contributed by atoms with Crippen LogP contribution in [0.5, 0.6) is 0 Å². The number of thioether (sulfide) groups is 1. The van der Waals surface area contributed by atoms with E-state index in [4.69, 9.17) is 0 Å². The van der Waals surface area contributed by atoms with Crippen molar-refractivity contribution in [3.63, 3.8) is 0 Å². The molecular weight excluding hydrogens is 360 g/mol. The van der Waals surface area contributed by atoms with E-state index in [1.807, 2.05) is 26.2 Å². The summed E-state index contributed by atoms with van der Waals surface area (Å²) in [6, 6.07) is 7.38. The molecule has 142 valence electrons. The van der Waals surface area contributed by atoms with Gasteiger partial charge < -0.3 is 10.6 Å². The van der Waals surface area contributed by atoms with Crippen LogP contribution in [-0.2, 0) is 11.2 Å². The first-order valence-electron chi connectivity index (χ1n) is 9.05. The number of para-hydroxylation sites is 1. The average Bonchev–Trinajstić information content (AvgIpc) is 3.45. The Bertz CT molecular complexity index is 842. The molecule has 1 fully saturated rings. The molecule has 1 aromatic heterocycles. The number of carbonyl (C=O) groups is 2. The number of hydrogen-bond donors (Lipinski definition) is 2. The average molecular weight is 385 g/mol. The highest BCUT2D eigenvalue weighted by molar-refractivity contribution is 7.98. The monoisotopic (exact) mass is 384 g/mol. The van der Waals surface area contributed by atoms with Crippen LogP contribution >= 0.6 is 11.8 Å². The van der Waals surface area contributed by atoms with Crippen LogP contribution in [0.3, 0.4) is 0 Å². The summed E-state index contributed by atoms with van der Waals surface area (Å²) in [5.74, 6) is -0.268. The molecule has 1 aliphatic rings. The van der Waals surface area contributed by atoms with Crippen LogP contribution in [0, 0.1) is 13.8 Å². The van der Waals surface area contributed by atoms with Gasteiger partial charge in [-0.25, -0.2) is 9.97 Å². The molecule has 1 heterocycles. The van der Waals surface area contributed by atoms with Crippen LogP contribution in [0.2, 0.25) is 0 Å². The zero-order chi connectivity index (χ0) is 19.4. The molecule has 1 aromatic carbocycles. The van der Waals surface area contributed by atoms with Crippen molar-refractivity contribution in [1.29, 1.82) is 0 Å². The van der Waals surface area contributed by atoms with Gasteiger partial charge in [-0.3, -0.25) is 9.59 Å². The predicted octanol–water partition coefficient (Wildman–Crippen LogP) is 3.28. The summed E-state index contributed by atoms with van der Waals surface area (Å²) >= 11 is 1.51. The summed E-state index contributed by atoms with van der Waals surface area (Å²) in [6.45, 7) is 3.89. The lowest BCUT2D eigenvalue weighted by Crippen LogP contribution is -2.27. The third kappa shape index (κ3) is 5.07. The number of nitrogens with one attached hydrogen (secondary N) is 2. The van der Waals surface area contributed by atoms with Gasteiger partial charge >= 0.3 is 0 Å². The summed E-state index contributed by atoms with van der Waals surface area (Å²) in [6.07, 6.45) is 4.86. The van der Waals surface area contributed by atoms with Crippen molar-refractivity contribution in [2.75, 3.05) is 11.6 Å². The Kier molecular flexibility index (Phi) is 6.11.